The highest BCUT2D eigenvalue weighted by Gasteiger charge is 2.30. The maximum atomic E-state index is 12.9. The Hall–Kier alpha value is -1.94. The summed E-state index contributed by atoms with van der Waals surface area (Å²) in [5, 5.41) is 10.5. The third-order valence-corrected chi connectivity index (χ3v) is 16.0. The fourth-order valence-corrected chi connectivity index (χ4v) is 10.4. The molecule has 3 N–H and O–H groups in total. The van der Waals surface area contributed by atoms with E-state index in [0.29, 0.717) is 25.7 Å². The highest BCUT2D eigenvalue weighted by Crippen LogP contribution is 2.45. The van der Waals surface area contributed by atoms with Crippen LogP contribution in [0.4, 0.5) is 0 Å². The van der Waals surface area contributed by atoms with Crippen LogP contribution in [-0.2, 0) is 65.4 Å². The van der Waals surface area contributed by atoms with Crippen molar-refractivity contribution in [1.82, 2.24) is 0 Å². The van der Waals surface area contributed by atoms with Gasteiger partial charge in [-0.2, -0.15) is 0 Å². The number of rotatable bonds is 59. The van der Waals surface area contributed by atoms with Gasteiger partial charge in [0.25, 0.3) is 0 Å². The van der Waals surface area contributed by atoms with E-state index < -0.39 is 97.5 Å². The summed E-state index contributed by atoms with van der Waals surface area (Å²) in [4.78, 5) is 71.8. The Balaban J connectivity index is 5.18. The number of phosphoric acid groups is 2. The van der Waals surface area contributed by atoms with E-state index in [1.165, 1.54) is 77.0 Å². The fourth-order valence-electron chi connectivity index (χ4n) is 8.79. The Morgan fingerprint density at radius 3 is 0.962 bits per heavy atom. The maximum Gasteiger partial charge on any atom is 0.472 e. The molecule has 0 aliphatic carbocycles. The standard InChI is InChI=1S/C60H116O17P2/c1-7-10-12-14-22-30-36-42-57(62)70-48-55(76-59(64)44-38-32-23-15-13-11-8-2)50-74-78(66,67)72-46-54(61)47-73-79(68,69)75-51-56(49-71-58(63)43-37-31-27-26-29-35-41-53(6)9-3)77-60(65)45-39-33-25-21-19-17-16-18-20-24-28-34-40-52(4)5/h52-56,61H,7-51H2,1-6H3,(H,66,67)(H,68,69)/t53?,54-,55+,56+/m0/s1. The van der Waals surface area contributed by atoms with Crippen molar-refractivity contribution < 1.29 is 80.2 Å². The van der Waals surface area contributed by atoms with Gasteiger partial charge in [0.05, 0.1) is 26.4 Å². The van der Waals surface area contributed by atoms with Crippen LogP contribution in [0.25, 0.3) is 0 Å². The molecule has 0 spiro atoms. The number of aliphatic hydroxyl groups is 1. The van der Waals surface area contributed by atoms with Gasteiger partial charge in [0.15, 0.2) is 12.2 Å². The Bertz CT molecular complexity index is 1570. The zero-order valence-corrected chi connectivity index (χ0v) is 52.4. The van der Waals surface area contributed by atoms with Crippen molar-refractivity contribution in [1.29, 1.82) is 0 Å². The quantitative estimate of drug-likeness (QED) is 0.0222. The third-order valence-electron chi connectivity index (χ3n) is 14.1. The summed E-state index contributed by atoms with van der Waals surface area (Å²) >= 11 is 0. The van der Waals surface area contributed by atoms with Crippen molar-refractivity contribution in [3.8, 4) is 0 Å². The van der Waals surface area contributed by atoms with Gasteiger partial charge in [0.2, 0.25) is 0 Å². The molecule has 0 saturated carbocycles. The van der Waals surface area contributed by atoms with Gasteiger partial charge < -0.3 is 33.8 Å². The lowest BCUT2D eigenvalue weighted by Gasteiger charge is -2.21. The fraction of sp³-hybridized carbons (Fsp3) is 0.933. The minimum Gasteiger partial charge on any atom is -0.462 e. The minimum atomic E-state index is -4.94. The largest absolute Gasteiger partial charge is 0.472 e. The average molecular weight is 1170 g/mol. The first-order valence-electron chi connectivity index (χ1n) is 31.5. The van der Waals surface area contributed by atoms with Gasteiger partial charge in [-0.25, -0.2) is 9.13 Å². The highest BCUT2D eigenvalue weighted by atomic mass is 31.2. The molecule has 0 amide bonds. The molecular weight excluding hydrogens is 1050 g/mol. The van der Waals surface area contributed by atoms with Crippen LogP contribution < -0.4 is 0 Å². The SMILES string of the molecule is CCCCCCCCCC(=O)OC[C@H](COP(=O)(O)OC[C@H](O)COP(=O)(O)OC[C@@H](COC(=O)CCCCCCCCC(C)CC)OC(=O)CCCCCCCCCCCCCCC(C)C)OC(=O)CCCCCCCCC. The Labute approximate surface area is 479 Å². The molecule has 0 bridgehead atoms. The second-order valence-electron chi connectivity index (χ2n) is 22.5. The zero-order chi connectivity index (χ0) is 58.7. The van der Waals surface area contributed by atoms with E-state index in [0.717, 1.165) is 134 Å². The van der Waals surface area contributed by atoms with Gasteiger partial charge in [-0.1, -0.05) is 241 Å². The van der Waals surface area contributed by atoms with Crippen LogP contribution in [0.15, 0.2) is 0 Å². The number of unbranched alkanes of at least 4 members (excludes halogenated alkanes) is 28. The Morgan fingerprint density at radius 1 is 0.367 bits per heavy atom. The van der Waals surface area contributed by atoms with Crippen molar-refractivity contribution >= 4 is 39.5 Å². The first-order chi connectivity index (χ1) is 37.9. The Kier molecular flexibility index (Phi) is 51.5. The predicted octanol–water partition coefficient (Wildman–Crippen LogP) is 16.1. The molecule has 3 unspecified atom stereocenters. The molecule has 0 heterocycles. The summed E-state index contributed by atoms with van der Waals surface area (Å²) in [7, 11) is -9.87. The topological polar surface area (TPSA) is 237 Å². The second-order valence-corrected chi connectivity index (χ2v) is 25.4. The lowest BCUT2D eigenvalue weighted by molar-refractivity contribution is -0.161. The predicted molar refractivity (Wildman–Crippen MR) is 312 cm³/mol. The molecule has 79 heavy (non-hydrogen) atoms. The molecule has 6 atom stereocenters. The van der Waals surface area contributed by atoms with Gasteiger partial charge in [-0.15, -0.1) is 0 Å². The van der Waals surface area contributed by atoms with E-state index in [1.54, 1.807) is 0 Å². The Morgan fingerprint density at radius 2 is 0.646 bits per heavy atom. The second kappa shape index (κ2) is 52.8. The molecule has 0 aliphatic rings. The van der Waals surface area contributed by atoms with Gasteiger partial charge in [0, 0.05) is 25.7 Å². The van der Waals surface area contributed by atoms with Gasteiger partial charge in [-0.3, -0.25) is 37.3 Å². The summed E-state index contributed by atoms with van der Waals surface area (Å²) < 4.78 is 67.6. The van der Waals surface area contributed by atoms with Gasteiger partial charge >= 0.3 is 39.5 Å². The van der Waals surface area contributed by atoms with Crippen molar-refractivity contribution in [2.24, 2.45) is 11.8 Å². The summed E-state index contributed by atoms with van der Waals surface area (Å²) in [6.07, 6.45) is 33.7. The molecule has 0 aliphatic heterocycles. The lowest BCUT2D eigenvalue weighted by Crippen LogP contribution is -2.30. The first-order valence-corrected chi connectivity index (χ1v) is 34.5. The lowest BCUT2D eigenvalue weighted by atomic mass is 10.00. The van der Waals surface area contributed by atoms with Crippen molar-refractivity contribution in [2.75, 3.05) is 39.6 Å². The van der Waals surface area contributed by atoms with Crippen molar-refractivity contribution in [2.45, 2.75) is 310 Å². The minimum absolute atomic E-state index is 0.103. The number of hydrogen-bond donors (Lipinski definition) is 3. The van der Waals surface area contributed by atoms with Crippen molar-refractivity contribution in [3.63, 3.8) is 0 Å². The van der Waals surface area contributed by atoms with Crippen LogP contribution in [-0.4, -0.2) is 96.7 Å². The van der Waals surface area contributed by atoms with E-state index in [4.69, 9.17) is 37.0 Å². The number of carbonyl (C=O) groups is 4. The van der Waals surface area contributed by atoms with Gasteiger partial charge in [0.1, 0.15) is 19.3 Å². The molecule has 0 aromatic carbocycles. The number of esters is 4. The third kappa shape index (κ3) is 53.8. The summed E-state index contributed by atoms with van der Waals surface area (Å²) in [5.74, 6) is -0.641. The molecule has 0 radical (unpaired) electrons. The van der Waals surface area contributed by atoms with E-state index in [1.807, 2.05) is 0 Å². The number of carbonyl (C=O) groups excluding carboxylic acids is 4. The van der Waals surface area contributed by atoms with Crippen LogP contribution >= 0.6 is 15.6 Å². The number of aliphatic hydroxyl groups excluding tert-OH is 1. The summed E-state index contributed by atoms with van der Waals surface area (Å²) in [6, 6.07) is 0. The first kappa shape index (κ1) is 77.1. The molecule has 0 aromatic rings. The highest BCUT2D eigenvalue weighted by molar-refractivity contribution is 7.47. The van der Waals surface area contributed by atoms with E-state index in [2.05, 4.69) is 41.5 Å². The van der Waals surface area contributed by atoms with E-state index in [-0.39, 0.29) is 25.7 Å². The maximum absolute atomic E-state index is 12.9. The number of phosphoric ester groups is 2. The molecule has 468 valence electrons. The van der Waals surface area contributed by atoms with Crippen LogP contribution in [0.2, 0.25) is 0 Å². The normalized spacial score (nSPS) is 14.8. The zero-order valence-electron chi connectivity index (χ0n) is 50.7. The summed E-state index contributed by atoms with van der Waals surface area (Å²) in [5.41, 5.74) is 0. The molecular formula is C60H116O17P2. The molecule has 0 fully saturated rings. The number of hydrogen-bond acceptors (Lipinski definition) is 15. The van der Waals surface area contributed by atoms with Crippen LogP contribution in [0.3, 0.4) is 0 Å². The molecule has 0 rings (SSSR count). The monoisotopic (exact) mass is 1170 g/mol. The van der Waals surface area contributed by atoms with Crippen LogP contribution in [0.1, 0.15) is 292 Å². The summed E-state index contributed by atoms with van der Waals surface area (Å²) in [6.45, 7) is 9.35. The molecule has 0 aromatic heterocycles. The van der Waals surface area contributed by atoms with Crippen molar-refractivity contribution in [3.05, 3.63) is 0 Å². The number of ether oxygens (including phenoxy) is 4. The van der Waals surface area contributed by atoms with Gasteiger partial charge in [-0.05, 0) is 37.5 Å². The van der Waals surface area contributed by atoms with Crippen LogP contribution in [0, 0.1) is 11.8 Å². The van der Waals surface area contributed by atoms with E-state index in [9.17, 15) is 43.2 Å². The molecule has 19 heteroatoms. The molecule has 17 nitrogen and oxygen atoms in total. The average Bonchev–Trinajstić information content (AvgIpc) is 3.41. The smallest absolute Gasteiger partial charge is 0.462 e. The van der Waals surface area contributed by atoms with Crippen LogP contribution in [0.5, 0.6) is 0 Å². The molecule has 0 saturated heterocycles. The van der Waals surface area contributed by atoms with E-state index >= 15 is 0 Å².